The third kappa shape index (κ3) is 4.17. The van der Waals surface area contributed by atoms with E-state index in [1.165, 1.54) is 4.90 Å². The lowest BCUT2D eigenvalue weighted by atomic mass is 9.87. The van der Waals surface area contributed by atoms with E-state index in [0.717, 1.165) is 33.3 Å². The lowest BCUT2D eigenvalue weighted by Crippen LogP contribution is -2.44. The highest BCUT2D eigenvalue weighted by atomic mass is 16.5. The van der Waals surface area contributed by atoms with Crippen molar-refractivity contribution in [1.29, 1.82) is 0 Å². The molecule has 0 aliphatic carbocycles. The molecule has 198 valence electrons. The van der Waals surface area contributed by atoms with Crippen LogP contribution in [0.1, 0.15) is 45.2 Å². The van der Waals surface area contributed by atoms with Crippen molar-refractivity contribution in [1.82, 2.24) is 15.2 Å². The van der Waals surface area contributed by atoms with E-state index in [1.807, 2.05) is 49.4 Å². The number of H-pyrrole nitrogens is 1. The second kappa shape index (κ2) is 10.0. The fourth-order valence-electron chi connectivity index (χ4n) is 5.81. The molecule has 6 rings (SSSR count). The molecule has 39 heavy (non-hydrogen) atoms. The van der Waals surface area contributed by atoms with E-state index in [-0.39, 0.29) is 17.8 Å². The Morgan fingerprint density at radius 3 is 2.54 bits per heavy atom. The molecule has 3 aromatic carbocycles. The van der Waals surface area contributed by atoms with Crippen LogP contribution in [0.25, 0.3) is 10.9 Å². The minimum Gasteiger partial charge on any atom is -0.385 e. The number of anilines is 1. The summed E-state index contributed by atoms with van der Waals surface area (Å²) in [6.45, 7) is 3.10. The number of aromatic nitrogens is 1. The number of ether oxygens (including phenoxy) is 1. The topological polar surface area (TPSA) is 94.7 Å². The molecular weight excluding hydrogens is 492 g/mol. The van der Waals surface area contributed by atoms with Crippen molar-refractivity contribution in [2.45, 2.75) is 31.8 Å². The molecule has 8 heteroatoms. The number of urea groups is 1. The molecule has 2 unspecified atom stereocenters. The number of aryl methyl sites for hydroxylation is 1. The van der Waals surface area contributed by atoms with E-state index in [1.54, 1.807) is 36.3 Å². The highest BCUT2D eigenvalue weighted by molar-refractivity contribution is 6.22. The zero-order valence-corrected chi connectivity index (χ0v) is 21.9. The quantitative estimate of drug-likeness (QED) is 0.271. The zero-order chi connectivity index (χ0) is 27.1. The Morgan fingerprint density at radius 1 is 1.03 bits per heavy atom. The normalized spacial score (nSPS) is 18.4. The highest BCUT2D eigenvalue weighted by Crippen LogP contribution is 2.45. The Balaban J connectivity index is 1.35. The van der Waals surface area contributed by atoms with Crippen LogP contribution in [-0.2, 0) is 16.0 Å². The average molecular weight is 523 g/mol. The van der Waals surface area contributed by atoms with Crippen molar-refractivity contribution in [3.63, 3.8) is 0 Å². The van der Waals surface area contributed by atoms with E-state index in [0.29, 0.717) is 37.2 Å². The van der Waals surface area contributed by atoms with E-state index < -0.39 is 12.1 Å². The lowest BCUT2D eigenvalue weighted by molar-refractivity contribution is -0.120. The summed E-state index contributed by atoms with van der Waals surface area (Å²) in [7, 11) is 1.62. The molecule has 2 aliphatic heterocycles. The predicted octanol–water partition coefficient (Wildman–Crippen LogP) is 4.73. The van der Waals surface area contributed by atoms with Gasteiger partial charge in [0.25, 0.3) is 11.8 Å². The summed E-state index contributed by atoms with van der Waals surface area (Å²) in [6.07, 6.45) is 1.15. The first-order valence-corrected chi connectivity index (χ1v) is 13.2. The second-order valence-electron chi connectivity index (χ2n) is 10.1. The van der Waals surface area contributed by atoms with E-state index in [4.69, 9.17) is 4.74 Å². The van der Waals surface area contributed by atoms with Crippen LogP contribution >= 0.6 is 0 Å². The third-order valence-electron chi connectivity index (χ3n) is 7.73. The van der Waals surface area contributed by atoms with Crippen LogP contribution in [0.3, 0.4) is 0 Å². The van der Waals surface area contributed by atoms with Crippen LogP contribution in [0, 0.1) is 6.92 Å². The maximum absolute atomic E-state index is 14.0. The lowest BCUT2D eigenvalue weighted by Gasteiger charge is -2.36. The minimum atomic E-state index is -0.627. The van der Waals surface area contributed by atoms with Gasteiger partial charge < -0.3 is 15.0 Å². The Bertz CT molecular complexity index is 1580. The van der Waals surface area contributed by atoms with Crippen LogP contribution in [-0.4, -0.2) is 54.0 Å². The van der Waals surface area contributed by atoms with Gasteiger partial charge in [0, 0.05) is 48.8 Å². The molecule has 8 nitrogen and oxygen atoms in total. The first-order valence-electron chi connectivity index (χ1n) is 13.2. The Hall–Kier alpha value is -4.43. The molecule has 4 amide bonds. The van der Waals surface area contributed by atoms with Crippen LogP contribution in [0.5, 0.6) is 0 Å². The van der Waals surface area contributed by atoms with Gasteiger partial charge in [-0.1, -0.05) is 42.5 Å². The average Bonchev–Trinajstić information content (AvgIpc) is 3.45. The molecule has 0 bridgehead atoms. The highest BCUT2D eigenvalue weighted by Gasteiger charge is 2.53. The minimum absolute atomic E-state index is 0.209. The van der Waals surface area contributed by atoms with Crippen molar-refractivity contribution in [2.24, 2.45) is 0 Å². The molecule has 0 radical (unpaired) electrons. The van der Waals surface area contributed by atoms with Crippen LogP contribution in [0.2, 0.25) is 0 Å². The van der Waals surface area contributed by atoms with E-state index in [2.05, 4.69) is 16.4 Å². The number of imide groups is 1. The van der Waals surface area contributed by atoms with Crippen LogP contribution in [0.15, 0.2) is 72.8 Å². The number of amides is 4. The van der Waals surface area contributed by atoms with Gasteiger partial charge in [-0.05, 0) is 60.4 Å². The summed E-state index contributed by atoms with van der Waals surface area (Å²) in [5.74, 6) is -0.467. The Labute approximate surface area is 226 Å². The van der Waals surface area contributed by atoms with Gasteiger partial charge in [0.2, 0.25) is 0 Å². The standard InChI is InChI=1S/C31H30N4O4/c1-19-8-3-4-9-22(19)28-27-24(23-10-5-6-11-25(23)33-27)18-26-30(37)34(31(38)35(26)28)21-14-12-20(13-15-21)29(36)32-16-7-17-39-2/h3-6,8-15,26,28,33H,7,16-18H2,1-2H3,(H,32,36). The first-order chi connectivity index (χ1) is 19.0. The van der Waals surface area contributed by atoms with Crippen LogP contribution in [0.4, 0.5) is 10.5 Å². The smallest absolute Gasteiger partial charge is 0.332 e. The molecule has 1 aromatic heterocycles. The monoisotopic (exact) mass is 522 g/mol. The van der Waals surface area contributed by atoms with E-state index >= 15 is 0 Å². The number of hydrogen-bond donors (Lipinski definition) is 2. The number of carbonyl (C=O) groups excluding carboxylic acids is 3. The first kappa shape index (κ1) is 24.9. The summed E-state index contributed by atoms with van der Waals surface area (Å²) in [5, 5.41) is 3.93. The fourth-order valence-corrected chi connectivity index (χ4v) is 5.81. The molecule has 3 heterocycles. The molecule has 0 saturated carbocycles. The van der Waals surface area contributed by atoms with Gasteiger partial charge >= 0.3 is 6.03 Å². The maximum Gasteiger partial charge on any atom is 0.332 e. The number of methoxy groups -OCH3 is 1. The summed E-state index contributed by atoms with van der Waals surface area (Å²) in [6, 6.07) is 21.3. The second-order valence-corrected chi connectivity index (χ2v) is 10.1. The molecular formula is C31H30N4O4. The van der Waals surface area contributed by atoms with Gasteiger partial charge in [-0.2, -0.15) is 0 Å². The number of hydrogen-bond acceptors (Lipinski definition) is 4. The van der Waals surface area contributed by atoms with Gasteiger partial charge in [0.05, 0.1) is 5.69 Å². The SMILES string of the molecule is COCCCNC(=O)c1ccc(N2C(=O)C3Cc4c([nH]c5ccccc45)C(c4ccccc4C)N3C2=O)cc1. The summed E-state index contributed by atoms with van der Waals surface area (Å²) in [4.78, 5) is 46.9. The number of benzene rings is 3. The van der Waals surface area contributed by atoms with Gasteiger partial charge in [0.15, 0.2) is 0 Å². The molecule has 2 aliphatic rings. The summed E-state index contributed by atoms with van der Waals surface area (Å²) >= 11 is 0. The molecule has 2 N–H and O–H groups in total. The fraction of sp³-hybridized carbons (Fsp3) is 0.258. The number of carbonyl (C=O) groups is 3. The summed E-state index contributed by atoms with van der Waals surface area (Å²) < 4.78 is 5.01. The third-order valence-corrected chi connectivity index (χ3v) is 7.73. The van der Waals surface area contributed by atoms with Gasteiger partial charge in [-0.15, -0.1) is 0 Å². The molecule has 1 saturated heterocycles. The van der Waals surface area contributed by atoms with E-state index in [9.17, 15) is 14.4 Å². The number of fused-ring (bicyclic) bond motifs is 4. The molecule has 4 aromatic rings. The Morgan fingerprint density at radius 2 is 1.77 bits per heavy atom. The number of para-hydroxylation sites is 1. The number of aromatic amines is 1. The van der Waals surface area contributed by atoms with Gasteiger partial charge in [-0.3, -0.25) is 14.5 Å². The largest absolute Gasteiger partial charge is 0.385 e. The zero-order valence-electron chi connectivity index (χ0n) is 21.9. The van der Waals surface area contributed by atoms with Gasteiger partial charge in [-0.25, -0.2) is 9.69 Å². The number of nitrogens with one attached hydrogen (secondary N) is 2. The summed E-state index contributed by atoms with van der Waals surface area (Å²) in [5.41, 5.74) is 5.97. The number of rotatable bonds is 7. The predicted molar refractivity (Wildman–Crippen MR) is 149 cm³/mol. The van der Waals surface area contributed by atoms with Crippen molar-refractivity contribution >= 4 is 34.4 Å². The van der Waals surface area contributed by atoms with Crippen molar-refractivity contribution in [2.75, 3.05) is 25.2 Å². The van der Waals surface area contributed by atoms with Crippen LogP contribution < -0.4 is 10.2 Å². The van der Waals surface area contributed by atoms with Crippen molar-refractivity contribution in [3.8, 4) is 0 Å². The maximum atomic E-state index is 14.0. The van der Waals surface area contributed by atoms with Crippen molar-refractivity contribution in [3.05, 3.63) is 101 Å². The number of nitrogens with zero attached hydrogens (tertiary/aromatic N) is 2. The molecule has 0 spiro atoms. The Kier molecular flexibility index (Phi) is 6.40. The van der Waals surface area contributed by atoms with Gasteiger partial charge in [0.1, 0.15) is 12.1 Å². The molecule has 2 atom stereocenters. The van der Waals surface area contributed by atoms with Crippen molar-refractivity contribution < 1.29 is 19.1 Å². The molecule has 1 fully saturated rings.